The fourth-order valence-electron chi connectivity index (χ4n) is 2.34. The zero-order valence-electron chi connectivity index (χ0n) is 8.26. The number of hydrogen-bond acceptors (Lipinski definition) is 2. The van der Waals surface area contributed by atoms with Crippen LogP contribution in [-0.4, -0.2) is 18.6 Å². The van der Waals surface area contributed by atoms with Gasteiger partial charge in [-0.25, -0.2) is 0 Å². The lowest BCUT2D eigenvalue weighted by atomic mass is 9.80. The van der Waals surface area contributed by atoms with Gasteiger partial charge in [0, 0.05) is 5.54 Å². The van der Waals surface area contributed by atoms with E-state index >= 15 is 0 Å². The average molecular weight is 180 g/mol. The quantitative estimate of drug-likeness (QED) is 0.628. The Morgan fingerprint density at radius 2 is 2.00 bits per heavy atom. The van der Waals surface area contributed by atoms with Gasteiger partial charge < -0.3 is 11.1 Å². The fraction of sp³-hybridized carbons (Fsp3) is 0.636. The van der Waals surface area contributed by atoms with Crippen molar-refractivity contribution in [2.24, 2.45) is 11.7 Å². The highest BCUT2D eigenvalue weighted by Crippen LogP contribution is 2.32. The highest BCUT2D eigenvalue weighted by atomic mass is 15.0. The Kier molecular flexibility index (Phi) is 3.70. The summed E-state index contributed by atoms with van der Waals surface area (Å²) in [5, 5.41) is 3.55. The molecule has 0 bridgehead atoms. The Morgan fingerprint density at radius 3 is 2.46 bits per heavy atom. The van der Waals surface area contributed by atoms with Crippen molar-refractivity contribution in [1.29, 1.82) is 0 Å². The van der Waals surface area contributed by atoms with Crippen molar-refractivity contribution in [3.63, 3.8) is 0 Å². The van der Waals surface area contributed by atoms with Crippen molar-refractivity contribution in [1.82, 2.24) is 5.32 Å². The van der Waals surface area contributed by atoms with Crippen LogP contribution in [0.3, 0.4) is 0 Å². The zero-order chi connectivity index (χ0) is 9.73. The first kappa shape index (κ1) is 10.5. The molecule has 1 unspecified atom stereocenters. The second-order valence-corrected chi connectivity index (χ2v) is 3.79. The molecule has 2 nitrogen and oxygen atoms in total. The fourth-order valence-corrected chi connectivity index (χ4v) is 2.34. The third-order valence-electron chi connectivity index (χ3n) is 3.05. The normalized spacial score (nSPS) is 25.8. The van der Waals surface area contributed by atoms with Gasteiger partial charge in [0.15, 0.2) is 0 Å². The Morgan fingerprint density at radius 1 is 1.38 bits per heavy atom. The predicted octanol–water partition coefficient (Wildman–Crippen LogP) is 1.45. The summed E-state index contributed by atoms with van der Waals surface area (Å²) < 4.78 is 0. The van der Waals surface area contributed by atoms with Crippen molar-refractivity contribution in [3.8, 4) is 0 Å². The minimum atomic E-state index is 0.151. The van der Waals surface area contributed by atoms with Crippen molar-refractivity contribution in [2.75, 3.05) is 13.1 Å². The van der Waals surface area contributed by atoms with Gasteiger partial charge in [-0.05, 0) is 38.3 Å². The van der Waals surface area contributed by atoms with E-state index in [0.29, 0.717) is 5.92 Å². The zero-order valence-corrected chi connectivity index (χ0v) is 8.26. The van der Waals surface area contributed by atoms with Gasteiger partial charge >= 0.3 is 0 Å². The standard InChI is InChI=1S/C11H20N2/c1-3-6-11(7-4-2)10(9-12)5-8-13-11/h3-4,10,13H,1-2,5-9,12H2. The molecule has 0 spiro atoms. The molecular formula is C11H20N2. The molecule has 3 N–H and O–H groups in total. The minimum Gasteiger partial charge on any atom is -0.330 e. The van der Waals surface area contributed by atoms with E-state index in [4.69, 9.17) is 5.73 Å². The summed E-state index contributed by atoms with van der Waals surface area (Å²) in [7, 11) is 0. The highest BCUT2D eigenvalue weighted by Gasteiger charge is 2.39. The summed E-state index contributed by atoms with van der Waals surface area (Å²) in [4.78, 5) is 0. The molecule has 74 valence electrons. The van der Waals surface area contributed by atoms with Gasteiger partial charge in [0.25, 0.3) is 0 Å². The Bertz CT molecular complexity index is 177. The van der Waals surface area contributed by atoms with E-state index < -0.39 is 0 Å². The van der Waals surface area contributed by atoms with Gasteiger partial charge in [-0.2, -0.15) is 0 Å². The van der Waals surface area contributed by atoms with Gasteiger partial charge in [-0.1, -0.05) is 12.2 Å². The van der Waals surface area contributed by atoms with Crippen molar-refractivity contribution in [2.45, 2.75) is 24.8 Å². The van der Waals surface area contributed by atoms with E-state index in [1.807, 2.05) is 12.2 Å². The van der Waals surface area contributed by atoms with E-state index in [0.717, 1.165) is 25.9 Å². The van der Waals surface area contributed by atoms with Crippen LogP contribution >= 0.6 is 0 Å². The van der Waals surface area contributed by atoms with Gasteiger partial charge in [-0.3, -0.25) is 0 Å². The maximum Gasteiger partial charge on any atom is 0.0290 e. The van der Waals surface area contributed by atoms with Crippen molar-refractivity contribution >= 4 is 0 Å². The molecule has 0 aliphatic carbocycles. The first-order valence-electron chi connectivity index (χ1n) is 4.96. The van der Waals surface area contributed by atoms with E-state index in [1.165, 1.54) is 6.42 Å². The van der Waals surface area contributed by atoms with Crippen molar-refractivity contribution < 1.29 is 0 Å². The van der Waals surface area contributed by atoms with Crippen LogP contribution < -0.4 is 11.1 Å². The van der Waals surface area contributed by atoms with Crippen LogP contribution in [0.1, 0.15) is 19.3 Å². The third-order valence-corrected chi connectivity index (χ3v) is 3.05. The largest absolute Gasteiger partial charge is 0.330 e. The van der Waals surface area contributed by atoms with Gasteiger partial charge in [0.05, 0.1) is 0 Å². The first-order valence-corrected chi connectivity index (χ1v) is 4.96. The number of hydrogen-bond donors (Lipinski definition) is 2. The van der Waals surface area contributed by atoms with Gasteiger partial charge in [-0.15, -0.1) is 13.2 Å². The van der Waals surface area contributed by atoms with E-state index in [9.17, 15) is 0 Å². The van der Waals surface area contributed by atoms with Crippen LogP contribution in [0.25, 0.3) is 0 Å². The first-order chi connectivity index (χ1) is 6.29. The molecule has 1 aliphatic rings. The number of rotatable bonds is 5. The number of nitrogens with one attached hydrogen (secondary N) is 1. The molecule has 1 saturated heterocycles. The molecule has 0 aromatic rings. The predicted molar refractivity (Wildman–Crippen MR) is 57.5 cm³/mol. The molecule has 1 rings (SSSR count). The van der Waals surface area contributed by atoms with Crippen LogP contribution in [0, 0.1) is 5.92 Å². The van der Waals surface area contributed by atoms with Gasteiger partial charge in [0.1, 0.15) is 0 Å². The molecule has 2 heteroatoms. The molecule has 0 aromatic carbocycles. The molecule has 13 heavy (non-hydrogen) atoms. The molecular weight excluding hydrogens is 160 g/mol. The molecule has 0 saturated carbocycles. The van der Waals surface area contributed by atoms with Crippen molar-refractivity contribution in [3.05, 3.63) is 25.3 Å². The second kappa shape index (κ2) is 4.58. The summed E-state index contributed by atoms with van der Waals surface area (Å²) in [5.74, 6) is 0.573. The maximum absolute atomic E-state index is 5.76. The highest BCUT2D eigenvalue weighted by molar-refractivity contribution is 5.06. The molecule has 1 heterocycles. The minimum absolute atomic E-state index is 0.151. The van der Waals surface area contributed by atoms with Crippen LogP contribution in [-0.2, 0) is 0 Å². The lowest BCUT2D eigenvalue weighted by molar-refractivity contribution is 0.287. The molecule has 1 aliphatic heterocycles. The lowest BCUT2D eigenvalue weighted by Crippen LogP contribution is -2.46. The Balaban J connectivity index is 2.73. The average Bonchev–Trinajstić information content (AvgIpc) is 2.49. The van der Waals surface area contributed by atoms with E-state index in [-0.39, 0.29) is 5.54 Å². The molecule has 1 fully saturated rings. The summed E-state index contributed by atoms with van der Waals surface area (Å²) in [6.45, 7) is 9.44. The Labute approximate surface area is 80.9 Å². The monoisotopic (exact) mass is 180 g/mol. The summed E-state index contributed by atoms with van der Waals surface area (Å²) >= 11 is 0. The number of nitrogens with two attached hydrogens (primary N) is 1. The van der Waals surface area contributed by atoms with Gasteiger partial charge in [0.2, 0.25) is 0 Å². The molecule has 0 amide bonds. The van der Waals surface area contributed by atoms with Crippen LogP contribution in [0.15, 0.2) is 25.3 Å². The maximum atomic E-state index is 5.76. The van der Waals surface area contributed by atoms with E-state index in [2.05, 4.69) is 18.5 Å². The smallest absolute Gasteiger partial charge is 0.0290 e. The van der Waals surface area contributed by atoms with Crippen LogP contribution in [0.4, 0.5) is 0 Å². The topological polar surface area (TPSA) is 38.0 Å². The molecule has 1 atom stereocenters. The SMILES string of the molecule is C=CCC1(CC=C)NCCC1CN. The second-order valence-electron chi connectivity index (χ2n) is 3.79. The van der Waals surface area contributed by atoms with Crippen LogP contribution in [0.2, 0.25) is 0 Å². The van der Waals surface area contributed by atoms with Crippen LogP contribution in [0.5, 0.6) is 0 Å². The lowest BCUT2D eigenvalue weighted by Gasteiger charge is -2.33. The molecule has 0 radical (unpaired) electrons. The summed E-state index contributed by atoms with van der Waals surface area (Å²) in [6, 6.07) is 0. The Hall–Kier alpha value is -0.600. The molecule has 0 aromatic heterocycles. The summed E-state index contributed by atoms with van der Waals surface area (Å²) in [6.07, 6.45) is 7.11. The van der Waals surface area contributed by atoms with E-state index in [1.54, 1.807) is 0 Å². The summed E-state index contributed by atoms with van der Waals surface area (Å²) in [5.41, 5.74) is 5.91. The third kappa shape index (κ3) is 2.01.